The molecule has 0 aliphatic carbocycles. The molecular formula is C16H20N2O3. The number of anilines is 1. The summed E-state index contributed by atoms with van der Waals surface area (Å²) in [6.07, 6.45) is 1.63. The van der Waals surface area contributed by atoms with E-state index in [4.69, 9.17) is 4.74 Å². The quantitative estimate of drug-likeness (QED) is 0.841. The minimum absolute atomic E-state index is 0.0109. The predicted octanol–water partition coefficient (Wildman–Crippen LogP) is 1.80. The van der Waals surface area contributed by atoms with Gasteiger partial charge in [-0.15, -0.1) is 6.58 Å². The zero-order valence-electron chi connectivity index (χ0n) is 12.4. The van der Waals surface area contributed by atoms with Crippen molar-refractivity contribution in [3.8, 4) is 5.75 Å². The van der Waals surface area contributed by atoms with Crippen LogP contribution in [0.2, 0.25) is 0 Å². The second-order valence-corrected chi connectivity index (χ2v) is 5.00. The molecule has 1 aliphatic heterocycles. The number of hydrogen-bond acceptors (Lipinski definition) is 3. The first-order chi connectivity index (χ1) is 10.1. The Hall–Kier alpha value is -2.30. The molecule has 0 aromatic heterocycles. The van der Waals surface area contributed by atoms with Gasteiger partial charge in [-0.05, 0) is 31.0 Å². The van der Waals surface area contributed by atoms with Crippen molar-refractivity contribution in [2.45, 2.75) is 26.4 Å². The number of rotatable bonds is 5. The highest BCUT2D eigenvalue weighted by Gasteiger charge is 2.34. The summed E-state index contributed by atoms with van der Waals surface area (Å²) in [6, 6.07) is 5.63. The number of carbonyl (C=O) groups is 2. The average Bonchev–Trinajstić information content (AvgIpc) is 2.48. The highest BCUT2D eigenvalue weighted by atomic mass is 16.5. The Balaban J connectivity index is 2.28. The Labute approximate surface area is 124 Å². The van der Waals surface area contributed by atoms with Gasteiger partial charge in [0.05, 0.1) is 5.69 Å². The van der Waals surface area contributed by atoms with Gasteiger partial charge in [-0.3, -0.25) is 14.5 Å². The van der Waals surface area contributed by atoms with Gasteiger partial charge in [0.1, 0.15) is 12.3 Å². The summed E-state index contributed by atoms with van der Waals surface area (Å²) in [6.45, 7) is 7.75. The fourth-order valence-corrected chi connectivity index (χ4v) is 2.24. The molecule has 21 heavy (non-hydrogen) atoms. The third-order valence-corrected chi connectivity index (χ3v) is 3.33. The van der Waals surface area contributed by atoms with Crippen molar-refractivity contribution in [3.63, 3.8) is 0 Å². The zero-order valence-corrected chi connectivity index (χ0v) is 12.4. The summed E-state index contributed by atoms with van der Waals surface area (Å²) in [5.41, 5.74) is 1.66. The van der Waals surface area contributed by atoms with Crippen LogP contribution < -0.4 is 15.0 Å². The molecule has 1 heterocycles. The molecule has 1 aromatic carbocycles. The fourth-order valence-electron chi connectivity index (χ4n) is 2.24. The van der Waals surface area contributed by atoms with Crippen LogP contribution in [0.1, 0.15) is 18.9 Å². The zero-order chi connectivity index (χ0) is 15.4. The molecule has 5 nitrogen and oxygen atoms in total. The Bertz CT molecular complexity index is 569. The monoisotopic (exact) mass is 288 g/mol. The van der Waals surface area contributed by atoms with Crippen LogP contribution in [0.3, 0.4) is 0 Å². The van der Waals surface area contributed by atoms with Crippen LogP contribution in [0.15, 0.2) is 30.9 Å². The van der Waals surface area contributed by atoms with E-state index in [1.54, 1.807) is 6.08 Å². The lowest BCUT2D eigenvalue weighted by atomic mass is 10.1. The van der Waals surface area contributed by atoms with Crippen molar-refractivity contribution in [1.82, 2.24) is 5.32 Å². The van der Waals surface area contributed by atoms with Crippen molar-refractivity contribution in [2.75, 3.05) is 18.0 Å². The molecule has 1 aromatic rings. The van der Waals surface area contributed by atoms with E-state index < -0.39 is 6.10 Å². The summed E-state index contributed by atoms with van der Waals surface area (Å²) < 4.78 is 5.70. The van der Waals surface area contributed by atoms with Crippen LogP contribution >= 0.6 is 0 Å². The van der Waals surface area contributed by atoms with E-state index in [2.05, 4.69) is 11.9 Å². The van der Waals surface area contributed by atoms with E-state index in [1.807, 2.05) is 32.0 Å². The Kier molecular flexibility index (Phi) is 4.62. The topological polar surface area (TPSA) is 58.6 Å². The van der Waals surface area contributed by atoms with Crippen molar-refractivity contribution in [3.05, 3.63) is 36.4 Å². The number of ether oxygens (including phenoxy) is 1. The van der Waals surface area contributed by atoms with Crippen molar-refractivity contribution in [1.29, 1.82) is 0 Å². The number of benzene rings is 1. The predicted molar refractivity (Wildman–Crippen MR) is 81.4 cm³/mol. The number of nitrogens with one attached hydrogen (secondary N) is 1. The fraction of sp³-hybridized carbons (Fsp3) is 0.375. The molecule has 0 saturated heterocycles. The average molecular weight is 288 g/mol. The molecule has 0 bridgehead atoms. The third-order valence-electron chi connectivity index (χ3n) is 3.33. The van der Waals surface area contributed by atoms with Crippen LogP contribution in [0, 0.1) is 6.92 Å². The molecule has 0 spiro atoms. The Morgan fingerprint density at radius 1 is 1.52 bits per heavy atom. The van der Waals surface area contributed by atoms with Crippen molar-refractivity contribution >= 4 is 17.5 Å². The van der Waals surface area contributed by atoms with Gasteiger partial charge in [-0.1, -0.05) is 19.1 Å². The summed E-state index contributed by atoms with van der Waals surface area (Å²) in [5.74, 6) is 0.250. The second kappa shape index (κ2) is 6.43. The molecule has 112 valence electrons. The number of carbonyl (C=O) groups excluding carboxylic acids is 2. The van der Waals surface area contributed by atoms with Gasteiger partial charge >= 0.3 is 0 Å². The lowest BCUT2D eigenvalue weighted by Gasteiger charge is -2.33. The number of nitrogens with zero attached hydrogens (tertiary/aromatic N) is 1. The van der Waals surface area contributed by atoms with E-state index in [0.29, 0.717) is 24.4 Å². The van der Waals surface area contributed by atoms with Gasteiger partial charge in [0.25, 0.3) is 5.91 Å². The minimum Gasteiger partial charge on any atom is -0.478 e. The van der Waals surface area contributed by atoms with E-state index in [1.165, 1.54) is 4.90 Å². The molecule has 2 rings (SSSR count). The number of aryl methyl sites for hydroxylation is 1. The maximum absolute atomic E-state index is 12.4. The molecule has 1 N–H and O–H groups in total. The normalized spacial score (nSPS) is 17.0. The largest absolute Gasteiger partial charge is 0.478 e. The first-order valence-electron chi connectivity index (χ1n) is 7.03. The Morgan fingerprint density at radius 2 is 2.29 bits per heavy atom. The molecule has 1 aliphatic rings. The summed E-state index contributed by atoms with van der Waals surface area (Å²) >= 11 is 0. The number of fused-ring (bicyclic) bond motifs is 1. The van der Waals surface area contributed by atoms with Crippen LogP contribution in [-0.4, -0.2) is 31.0 Å². The van der Waals surface area contributed by atoms with Gasteiger partial charge in [0.2, 0.25) is 5.91 Å². The van der Waals surface area contributed by atoms with Crippen molar-refractivity contribution < 1.29 is 14.3 Å². The molecule has 2 amide bonds. The maximum atomic E-state index is 12.4. The highest BCUT2D eigenvalue weighted by molar-refractivity contribution is 6.03. The van der Waals surface area contributed by atoms with Crippen LogP contribution in [0.4, 0.5) is 5.69 Å². The molecule has 5 heteroatoms. The summed E-state index contributed by atoms with van der Waals surface area (Å²) in [4.78, 5) is 25.9. The lowest BCUT2D eigenvalue weighted by Crippen LogP contribution is -2.49. The lowest BCUT2D eigenvalue weighted by molar-refractivity contribution is -0.128. The first kappa shape index (κ1) is 15.1. The van der Waals surface area contributed by atoms with Crippen LogP contribution in [0.25, 0.3) is 0 Å². The maximum Gasteiger partial charge on any atom is 0.268 e. The van der Waals surface area contributed by atoms with Crippen LogP contribution in [-0.2, 0) is 9.59 Å². The minimum atomic E-state index is -0.535. The van der Waals surface area contributed by atoms with E-state index >= 15 is 0 Å². The van der Waals surface area contributed by atoms with E-state index in [9.17, 15) is 9.59 Å². The Morgan fingerprint density at radius 3 is 2.95 bits per heavy atom. The van der Waals surface area contributed by atoms with Gasteiger partial charge in [0, 0.05) is 6.54 Å². The molecular weight excluding hydrogens is 268 g/mol. The van der Waals surface area contributed by atoms with Crippen LogP contribution in [0.5, 0.6) is 5.75 Å². The standard InChI is InChI=1S/C16H20N2O3/c1-4-8-17-15(19)10-18-12-9-11(3)6-7-14(12)21-13(5-2)16(18)20/h4,6-7,9,13H,1,5,8,10H2,2-3H3,(H,17,19). The van der Waals surface area contributed by atoms with Crippen molar-refractivity contribution in [2.24, 2.45) is 0 Å². The van der Waals surface area contributed by atoms with Gasteiger partial charge in [0.15, 0.2) is 6.10 Å². The number of hydrogen-bond donors (Lipinski definition) is 1. The SMILES string of the molecule is C=CCNC(=O)CN1C(=O)C(CC)Oc2ccc(C)cc21. The second-order valence-electron chi connectivity index (χ2n) is 5.00. The van der Waals surface area contributed by atoms with Gasteiger partial charge in [-0.25, -0.2) is 0 Å². The van der Waals surface area contributed by atoms with Gasteiger partial charge in [-0.2, -0.15) is 0 Å². The third kappa shape index (κ3) is 3.24. The first-order valence-corrected chi connectivity index (χ1v) is 7.03. The highest BCUT2D eigenvalue weighted by Crippen LogP contribution is 2.35. The smallest absolute Gasteiger partial charge is 0.268 e. The molecule has 0 radical (unpaired) electrons. The molecule has 1 unspecified atom stereocenters. The van der Waals surface area contributed by atoms with Gasteiger partial charge < -0.3 is 10.1 Å². The molecule has 0 saturated carbocycles. The summed E-state index contributed by atoms with van der Waals surface area (Å²) in [5, 5.41) is 2.69. The van der Waals surface area contributed by atoms with E-state index in [-0.39, 0.29) is 18.4 Å². The number of amides is 2. The van der Waals surface area contributed by atoms with E-state index in [0.717, 1.165) is 5.56 Å². The summed E-state index contributed by atoms with van der Waals surface area (Å²) in [7, 11) is 0. The molecule has 1 atom stereocenters. The molecule has 0 fully saturated rings.